The molecule has 0 aromatic rings. The molecule has 6 heteroatoms. The van der Waals surface area contributed by atoms with E-state index in [2.05, 4.69) is 35.9 Å². The standard InChI is InChI=1S/C5H10N2O2S2/c8-4(1-10)6-3-7-5(9)2-11/h10-11H,1-3H2,(H,6,8)(H,7,9). The minimum absolute atomic E-state index is 0.122. The number of carbonyl (C=O) groups is 2. The lowest BCUT2D eigenvalue weighted by Crippen LogP contribution is -2.38. The number of hydrogen-bond acceptors (Lipinski definition) is 4. The minimum Gasteiger partial charge on any atom is -0.338 e. The van der Waals surface area contributed by atoms with Crippen molar-refractivity contribution in [2.24, 2.45) is 0 Å². The molecule has 0 spiro atoms. The molecule has 0 aliphatic rings. The number of amides is 2. The van der Waals surface area contributed by atoms with E-state index in [0.29, 0.717) is 0 Å². The largest absolute Gasteiger partial charge is 0.338 e. The maximum Gasteiger partial charge on any atom is 0.231 e. The second-order valence-corrected chi connectivity index (χ2v) is 2.33. The Morgan fingerprint density at radius 1 is 1.00 bits per heavy atom. The molecule has 0 heterocycles. The van der Waals surface area contributed by atoms with E-state index >= 15 is 0 Å². The lowest BCUT2D eigenvalue weighted by atomic mass is 10.6. The quantitative estimate of drug-likeness (QED) is 0.344. The van der Waals surface area contributed by atoms with Gasteiger partial charge in [-0.25, -0.2) is 0 Å². The molecule has 0 aromatic carbocycles. The van der Waals surface area contributed by atoms with Crippen molar-refractivity contribution in [3.05, 3.63) is 0 Å². The first-order chi connectivity index (χ1) is 5.20. The van der Waals surface area contributed by atoms with E-state index < -0.39 is 0 Å². The van der Waals surface area contributed by atoms with E-state index in [9.17, 15) is 9.59 Å². The molecule has 0 aliphatic heterocycles. The SMILES string of the molecule is O=C(CS)NCNC(=O)CS. The normalized spacial score (nSPS) is 8.91. The van der Waals surface area contributed by atoms with Crippen LogP contribution in [-0.4, -0.2) is 30.0 Å². The summed E-state index contributed by atoms with van der Waals surface area (Å²) in [4.78, 5) is 21.0. The first kappa shape index (κ1) is 10.6. The molecule has 0 bridgehead atoms. The highest BCUT2D eigenvalue weighted by molar-refractivity contribution is 7.81. The third kappa shape index (κ3) is 6.05. The molecule has 0 fully saturated rings. The lowest BCUT2D eigenvalue weighted by molar-refractivity contribution is -0.120. The summed E-state index contributed by atoms with van der Waals surface area (Å²) in [7, 11) is 0. The molecule has 64 valence electrons. The molecule has 0 aliphatic carbocycles. The Balaban J connectivity index is 3.27. The van der Waals surface area contributed by atoms with Crippen molar-refractivity contribution < 1.29 is 9.59 Å². The first-order valence-corrected chi connectivity index (χ1v) is 4.22. The Hall–Kier alpha value is -0.360. The smallest absolute Gasteiger partial charge is 0.231 e. The van der Waals surface area contributed by atoms with E-state index in [-0.39, 0.29) is 30.0 Å². The molecule has 11 heavy (non-hydrogen) atoms. The number of hydrogen-bond donors (Lipinski definition) is 4. The molecule has 0 aromatic heterocycles. The molecule has 0 unspecified atom stereocenters. The number of rotatable bonds is 4. The van der Waals surface area contributed by atoms with Gasteiger partial charge in [-0.1, -0.05) is 0 Å². The van der Waals surface area contributed by atoms with Gasteiger partial charge in [-0.15, -0.1) is 0 Å². The summed E-state index contributed by atoms with van der Waals surface area (Å²) in [6.07, 6.45) is 0. The van der Waals surface area contributed by atoms with Gasteiger partial charge in [-0.2, -0.15) is 25.3 Å². The van der Waals surface area contributed by atoms with Gasteiger partial charge in [0.1, 0.15) is 0 Å². The van der Waals surface area contributed by atoms with Crippen LogP contribution in [0, 0.1) is 0 Å². The van der Waals surface area contributed by atoms with Gasteiger partial charge in [0, 0.05) is 0 Å². The zero-order chi connectivity index (χ0) is 8.69. The Bertz CT molecular complexity index is 135. The van der Waals surface area contributed by atoms with Crippen molar-refractivity contribution in [1.29, 1.82) is 0 Å². The third-order valence-corrected chi connectivity index (χ3v) is 1.43. The molecule has 0 saturated carbocycles. The molecule has 0 rings (SSSR count). The molecule has 0 atom stereocenters. The average Bonchev–Trinajstić information content (AvgIpc) is 2.04. The van der Waals surface area contributed by atoms with Crippen LogP contribution >= 0.6 is 25.3 Å². The lowest BCUT2D eigenvalue weighted by Gasteiger charge is -2.03. The van der Waals surface area contributed by atoms with Crippen molar-refractivity contribution in [3.63, 3.8) is 0 Å². The van der Waals surface area contributed by atoms with Gasteiger partial charge in [-0.05, 0) is 0 Å². The zero-order valence-electron chi connectivity index (χ0n) is 5.83. The van der Waals surface area contributed by atoms with Crippen LogP contribution in [0.3, 0.4) is 0 Å². The first-order valence-electron chi connectivity index (χ1n) is 2.95. The van der Waals surface area contributed by atoms with Crippen molar-refractivity contribution in [1.82, 2.24) is 10.6 Å². The second-order valence-electron chi connectivity index (χ2n) is 1.69. The summed E-state index contributed by atoms with van der Waals surface area (Å²) in [6.45, 7) is 0.138. The zero-order valence-corrected chi connectivity index (χ0v) is 7.62. The third-order valence-electron chi connectivity index (χ3n) is 0.858. The highest BCUT2D eigenvalue weighted by Crippen LogP contribution is 1.73. The summed E-state index contributed by atoms with van der Waals surface area (Å²) in [5.74, 6) is -0.186. The fourth-order valence-corrected chi connectivity index (χ4v) is 0.577. The Morgan fingerprint density at radius 2 is 1.36 bits per heavy atom. The number of thiol groups is 2. The van der Waals surface area contributed by atoms with Crippen LogP contribution in [-0.2, 0) is 9.59 Å². The Labute approximate surface area is 75.9 Å². The van der Waals surface area contributed by atoms with Crippen LogP contribution in [0.1, 0.15) is 0 Å². The van der Waals surface area contributed by atoms with Crippen LogP contribution in [0.5, 0.6) is 0 Å². The van der Waals surface area contributed by atoms with E-state index in [0.717, 1.165) is 0 Å². The van der Waals surface area contributed by atoms with Gasteiger partial charge >= 0.3 is 0 Å². The van der Waals surface area contributed by atoms with E-state index in [1.54, 1.807) is 0 Å². The highest BCUT2D eigenvalue weighted by Gasteiger charge is 1.97. The van der Waals surface area contributed by atoms with Crippen LogP contribution < -0.4 is 10.6 Å². The van der Waals surface area contributed by atoms with Gasteiger partial charge in [0.25, 0.3) is 0 Å². The fraction of sp³-hybridized carbons (Fsp3) is 0.600. The molecule has 0 saturated heterocycles. The topological polar surface area (TPSA) is 58.2 Å². The molecule has 2 amide bonds. The molecular weight excluding hydrogens is 184 g/mol. The highest BCUT2D eigenvalue weighted by atomic mass is 32.1. The molecule has 2 N–H and O–H groups in total. The van der Waals surface area contributed by atoms with Crippen LogP contribution in [0.25, 0.3) is 0 Å². The number of carbonyl (C=O) groups excluding carboxylic acids is 2. The van der Waals surface area contributed by atoms with Crippen molar-refractivity contribution in [3.8, 4) is 0 Å². The summed E-state index contributed by atoms with van der Waals surface area (Å²) in [5, 5.41) is 4.83. The predicted octanol–water partition coefficient (Wildman–Crippen LogP) is -0.964. The van der Waals surface area contributed by atoms with Crippen molar-refractivity contribution in [2.45, 2.75) is 0 Å². The van der Waals surface area contributed by atoms with E-state index in [1.165, 1.54) is 0 Å². The molecule has 4 nitrogen and oxygen atoms in total. The predicted molar refractivity (Wildman–Crippen MR) is 48.9 cm³/mol. The van der Waals surface area contributed by atoms with Crippen LogP contribution in [0.15, 0.2) is 0 Å². The summed E-state index contributed by atoms with van der Waals surface area (Å²) in [5.41, 5.74) is 0. The van der Waals surface area contributed by atoms with E-state index in [1.807, 2.05) is 0 Å². The molecular formula is C5H10N2O2S2. The van der Waals surface area contributed by atoms with Crippen molar-refractivity contribution in [2.75, 3.05) is 18.2 Å². The number of nitrogens with one attached hydrogen (secondary N) is 2. The van der Waals surface area contributed by atoms with Crippen molar-refractivity contribution >= 4 is 37.1 Å². The maximum atomic E-state index is 10.5. The fourth-order valence-electron chi connectivity index (χ4n) is 0.353. The van der Waals surface area contributed by atoms with Crippen LogP contribution in [0.4, 0.5) is 0 Å². The maximum absolute atomic E-state index is 10.5. The van der Waals surface area contributed by atoms with Gasteiger partial charge in [-0.3, -0.25) is 9.59 Å². The molecule has 0 radical (unpaired) electrons. The average molecular weight is 194 g/mol. The Kier molecular flexibility index (Phi) is 6.15. The van der Waals surface area contributed by atoms with Gasteiger partial charge in [0.05, 0.1) is 18.2 Å². The second kappa shape index (κ2) is 6.36. The van der Waals surface area contributed by atoms with Gasteiger partial charge in [0.15, 0.2) is 0 Å². The van der Waals surface area contributed by atoms with Gasteiger partial charge in [0.2, 0.25) is 11.8 Å². The Morgan fingerprint density at radius 3 is 1.64 bits per heavy atom. The minimum atomic E-state index is -0.215. The summed E-state index contributed by atoms with van der Waals surface area (Å²) >= 11 is 7.45. The van der Waals surface area contributed by atoms with E-state index in [4.69, 9.17) is 0 Å². The van der Waals surface area contributed by atoms with Crippen LogP contribution in [0.2, 0.25) is 0 Å². The monoisotopic (exact) mass is 194 g/mol. The van der Waals surface area contributed by atoms with Gasteiger partial charge < -0.3 is 10.6 Å². The summed E-state index contributed by atoms with van der Waals surface area (Å²) < 4.78 is 0. The summed E-state index contributed by atoms with van der Waals surface area (Å²) in [6, 6.07) is 0.